The molecule has 26 heavy (non-hydrogen) atoms. The molecule has 2 saturated heterocycles. The topological polar surface area (TPSA) is 76.0 Å². The molecule has 1 amide bonds. The van der Waals surface area contributed by atoms with Crippen LogP contribution >= 0.6 is 11.8 Å². The molecule has 2 fully saturated rings. The standard InChI is InChI=1S/C18H24N2O4S2/c1-4-12-7-6-8-13(5-2)17(12)20-14-10-26(22,23)11-15(14)25-18(20)19-16(21)9-24-3/h6-8,14-15H,4-5,9-11H2,1-3H3/t14-,15-/m1/s1. The average molecular weight is 397 g/mol. The molecule has 0 N–H and O–H groups in total. The van der Waals surface area contributed by atoms with Gasteiger partial charge in [-0.25, -0.2) is 8.42 Å². The Morgan fingerprint density at radius 3 is 2.50 bits per heavy atom. The van der Waals surface area contributed by atoms with Crippen molar-refractivity contribution in [2.24, 2.45) is 4.99 Å². The van der Waals surface area contributed by atoms with Crippen LogP contribution in [0.1, 0.15) is 25.0 Å². The monoisotopic (exact) mass is 396 g/mol. The van der Waals surface area contributed by atoms with E-state index in [0.29, 0.717) is 5.17 Å². The summed E-state index contributed by atoms with van der Waals surface area (Å²) in [5, 5.41) is 0.497. The predicted molar refractivity (Wildman–Crippen MR) is 106 cm³/mol. The molecule has 0 aliphatic carbocycles. The molecule has 1 aromatic rings. The summed E-state index contributed by atoms with van der Waals surface area (Å²) in [6, 6.07) is 5.96. The molecule has 6 nitrogen and oxygen atoms in total. The van der Waals surface area contributed by atoms with E-state index in [0.717, 1.165) is 29.7 Å². The number of thioether (sulfide) groups is 1. The largest absolute Gasteiger partial charge is 0.375 e. The van der Waals surface area contributed by atoms with E-state index in [4.69, 9.17) is 4.74 Å². The quantitative estimate of drug-likeness (QED) is 0.758. The molecule has 2 aliphatic rings. The maximum atomic E-state index is 12.2. The lowest BCUT2D eigenvalue weighted by molar-refractivity contribution is -0.121. The van der Waals surface area contributed by atoms with E-state index in [1.165, 1.54) is 18.9 Å². The van der Waals surface area contributed by atoms with Gasteiger partial charge in [-0.15, -0.1) is 0 Å². The molecule has 0 radical (unpaired) electrons. The number of methoxy groups -OCH3 is 1. The van der Waals surface area contributed by atoms with Gasteiger partial charge >= 0.3 is 0 Å². The lowest BCUT2D eigenvalue weighted by Crippen LogP contribution is -2.39. The molecule has 142 valence electrons. The van der Waals surface area contributed by atoms with Crippen LogP contribution < -0.4 is 4.90 Å². The van der Waals surface area contributed by atoms with Crippen LogP contribution in [0, 0.1) is 0 Å². The smallest absolute Gasteiger partial charge is 0.274 e. The van der Waals surface area contributed by atoms with Gasteiger partial charge in [-0.3, -0.25) is 4.79 Å². The van der Waals surface area contributed by atoms with Crippen molar-refractivity contribution < 1.29 is 17.9 Å². The number of sulfone groups is 1. The van der Waals surface area contributed by atoms with Crippen molar-refractivity contribution in [1.82, 2.24) is 0 Å². The van der Waals surface area contributed by atoms with Crippen LogP contribution in [-0.4, -0.2) is 56.0 Å². The second-order valence-electron chi connectivity index (χ2n) is 6.52. The molecule has 2 atom stereocenters. The molecule has 0 unspecified atom stereocenters. The van der Waals surface area contributed by atoms with Gasteiger partial charge in [0.2, 0.25) is 0 Å². The molecular formula is C18H24N2O4S2. The zero-order valence-corrected chi connectivity index (χ0v) is 16.9. The fraction of sp³-hybridized carbons (Fsp3) is 0.556. The highest BCUT2D eigenvalue weighted by molar-refractivity contribution is 8.16. The highest BCUT2D eigenvalue weighted by atomic mass is 32.2. The number of fused-ring (bicyclic) bond motifs is 1. The third-order valence-corrected chi connectivity index (χ3v) is 7.97. The first-order chi connectivity index (χ1) is 12.4. The minimum absolute atomic E-state index is 0.0818. The number of nitrogens with zero attached hydrogens (tertiary/aromatic N) is 2. The third-order valence-electron chi connectivity index (χ3n) is 4.76. The van der Waals surface area contributed by atoms with Crippen molar-refractivity contribution in [2.75, 3.05) is 30.1 Å². The second-order valence-corrected chi connectivity index (χ2v) is 9.88. The number of hydrogen-bond acceptors (Lipinski definition) is 5. The number of aryl methyl sites for hydroxylation is 2. The summed E-state index contributed by atoms with van der Waals surface area (Å²) >= 11 is 1.40. The number of carbonyl (C=O) groups is 1. The van der Waals surface area contributed by atoms with Crippen molar-refractivity contribution in [2.45, 2.75) is 38.0 Å². The normalized spacial score (nSPS) is 25.7. The van der Waals surface area contributed by atoms with Gasteiger partial charge in [0.25, 0.3) is 5.91 Å². The first-order valence-electron chi connectivity index (χ1n) is 8.77. The number of amidine groups is 1. The summed E-state index contributed by atoms with van der Waals surface area (Å²) in [6.45, 7) is 4.08. The van der Waals surface area contributed by atoms with E-state index in [1.54, 1.807) is 0 Å². The summed E-state index contributed by atoms with van der Waals surface area (Å²) in [5.41, 5.74) is 3.29. The van der Waals surface area contributed by atoms with Gasteiger partial charge in [-0.1, -0.05) is 43.8 Å². The molecule has 0 bridgehead atoms. The lowest BCUT2D eigenvalue weighted by Gasteiger charge is -2.29. The van der Waals surface area contributed by atoms with Crippen LogP contribution in [0.3, 0.4) is 0 Å². The zero-order valence-electron chi connectivity index (χ0n) is 15.3. The number of para-hydroxylation sites is 1. The van der Waals surface area contributed by atoms with Crippen LogP contribution in [0.4, 0.5) is 5.69 Å². The van der Waals surface area contributed by atoms with Crippen molar-refractivity contribution >= 4 is 38.4 Å². The maximum Gasteiger partial charge on any atom is 0.274 e. The molecule has 2 aliphatic heterocycles. The van der Waals surface area contributed by atoms with Gasteiger partial charge in [0.05, 0.1) is 17.5 Å². The average Bonchev–Trinajstić information content (AvgIpc) is 3.05. The van der Waals surface area contributed by atoms with Crippen LogP contribution in [0.15, 0.2) is 23.2 Å². The Morgan fingerprint density at radius 1 is 1.27 bits per heavy atom. The number of rotatable bonds is 5. The van der Waals surface area contributed by atoms with Gasteiger partial charge in [-0.2, -0.15) is 4.99 Å². The van der Waals surface area contributed by atoms with Crippen LogP contribution in [0.2, 0.25) is 0 Å². The molecule has 8 heteroatoms. The molecule has 0 saturated carbocycles. The van der Waals surface area contributed by atoms with E-state index < -0.39 is 9.84 Å². The Balaban J connectivity index is 2.11. The number of amides is 1. The van der Waals surface area contributed by atoms with Crippen molar-refractivity contribution in [3.05, 3.63) is 29.3 Å². The van der Waals surface area contributed by atoms with E-state index in [2.05, 4.69) is 31.0 Å². The SMILES string of the molecule is CCc1cccc(CC)c1N1C(=NC(=O)COC)S[C@@H]2CS(=O)(=O)C[C@H]21. The van der Waals surface area contributed by atoms with E-state index >= 15 is 0 Å². The first kappa shape index (κ1) is 19.4. The number of hydrogen-bond donors (Lipinski definition) is 0. The van der Waals surface area contributed by atoms with Crippen LogP contribution in [-0.2, 0) is 32.2 Å². The first-order valence-corrected chi connectivity index (χ1v) is 11.5. The Morgan fingerprint density at radius 2 is 1.92 bits per heavy atom. The lowest BCUT2D eigenvalue weighted by atomic mass is 10.0. The Kier molecular flexibility index (Phi) is 5.74. The molecule has 0 aromatic heterocycles. The minimum atomic E-state index is -3.07. The highest BCUT2D eigenvalue weighted by Gasteiger charge is 2.50. The van der Waals surface area contributed by atoms with E-state index in [1.807, 2.05) is 11.0 Å². The zero-order chi connectivity index (χ0) is 18.9. The summed E-state index contributed by atoms with van der Waals surface area (Å²) in [7, 11) is -1.62. The maximum absolute atomic E-state index is 12.2. The molecular weight excluding hydrogens is 372 g/mol. The van der Waals surface area contributed by atoms with Crippen LogP contribution in [0.25, 0.3) is 0 Å². The molecule has 3 rings (SSSR count). The number of benzene rings is 1. The molecule has 0 spiro atoms. The summed E-state index contributed by atoms with van der Waals surface area (Å²) < 4.78 is 29.3. The number of ether oxygens (including phenoxy) is 1. The predicted octanol–water partition coefficient (Wildman–Crippen LogP) is 2.06. The molecule has 1 aromatic carbocycles. The van der Waals surface area contributed by atoms with E-state index in [-0.39, 0.29) is 35.3 Å². The van der Waals surface area contributed by atoms with Crippen molar-refractivity contribution in [1.29, 1.82) is 0 Å². The Bertz CT molecular complexity index is 813. The summed E-state index contributed by atoms with van der Waals surface area (Å²) in [4.78, 5) is 18.3. The fourth-order valence-corrected chi connectivity index (χ4v) is 7.53. The minimum Gasteiger partial charge on any atom is -0.375 e. The van der Waals surface area contributed by atoms with Gasteiger partial charge in [0, 0.05) is 18.0 Å². The number of carbonyl (C=O) groups excluding carboxylic acids is 1. The highest BCUT2D eigenvalue weighted by Crippen LogP contribution is 2.43. The van der Waals surface area contributed by atoms with Gasteiger partial charge in [-0.05, 0) is 24.0 Å². The van der Waals surface area contributed by atoms with Gasteiger partial charge < -0.3 is 9.64 Å². The fourth-order valence-electron chi connectivity index (χ4n) is 3.61. The van der Waals surface area contributed by atoms with E-state index in [9.17, 15) is 13.2 Å². The third kappa shape index (κ3) is 3.68. The molecule has 2 heterocycles. The number of aliphatic imine (C=N–C) groups is 1. The second kappa shape index (κ2) is 7.70. The summed E-state index contributed by atoms with van der Waals surface area (Å²) in [5.74, 6) is -0.120. The van der Waals surface area contributed by atoms with Crippen LogP contribution in [0.5, 0.6) is 0 Å². The number of anilines is 1. The Hall–Kier alpha value is -1.38. The van der Waals surface area contributed by atoms with Gasteiger partial charge in [0.1, 0.15) is 6.61 Å². The van der Waals surface area contributed by atoms with Crippen molar-refractivity contribution in [3.8, 4) is 0 Å². The van der Waals surface area contributed by atoms with Gasteiger partial charge in [0.15, 0.2) is 15.0 Å². The van der Waals surface area contributed by atoms with Crippen molar-refractivity contribution in [3.63, 3.8) is 0 Å². The Labute approximate surface area is 158 Å². The summed E-state index contributed by atoms with van der Waals surface area (Å²) in [6.07, 6.45) is 1.65.